The molecule has 3 nitrogen and oxygen atoms in total. The standard InChI is InChI=1S/C13H17NO2/c1-9-6-11(14-8-9)10-2-3-12-13(7-10)16-5-4-15-12/h2-3,7,9,11,14H,4-6,8H2,1H3/t9-,11-/m0/s1. The van der Waals surface area contributed by atoms with Crippen molar-refractivity contribution in [1.29, 1.82) is 0 Å². The maximum atomic E-state index is 5.60. The lowest BCUT2D eigenvalue weighted by molar-refractivity contribution is 0.171. The first kappa shape index (κ1) is 9.97. The quantitative estimate of drug-likeness (QED) is 0.785. The minimum absolute atomic E-state index is 0.478. The second-order valence-electron chi connectivity index (χ2n) is 4.70. The van der Waals surface area contributed by atoms with E-state index in [1.165, 1.54) is 12.0 Å². The van der Waals surface area contributed by atoms with Gasteiger partial charge in [0.15, 0.2) is 11.5 Å². The van der Waals surface area contributed by atoms with E-state index < -0.39 is 0 Å². The van der Waals surface area contributed by atoms with Crippen molar-refractivity contribution < 1.29 is 9.47 Å². The first-order chi connectivity index (χ1) is 7.83. The number of benzene rings is 1. The van der Waals surface area contributed by atoms with E-state index in [0.717, 1.165) is 24.0 Å². The van der Waals surface area contributed by atoms with Crippen molar-refractivity contribution in [2.75, 3.05) is 19.8 Å². The van der Waals surface area contributed by atoms with Gasteiger partial charge >= 0.3 is 0 Å². The molecule has 3 rings (SSSR count). The predicted molar refractivity (Wildman–Crippen MR) is 62.0 cm³/mol. The van der Waals surface area contributed by atoms with Gasteiger partial charge in [-0.3, -0.25) is 0 Å². The maximum absolute atomic E-state index is 5.60. The molecule has 1 saturated heterocycles. The molecule has 0 saturated carbocycles. The fourth-order valence-corrected chi connectivity index (χ4v) is 2.44. The number of nitrogens with one attached hydrogen (secondary N) is 1. The molecule has 1 aromatic carbocycles. The summed E-state index contributed by atoms with van der Waals surface area (Å²) >= 11 is 0. The van der Waals surface area contributed by atoms with Crippen LogP contribution in [-0.2, 0) is 0 Å². The molecule has 2 atom stereocenters. The van der Waals surface area contributed by atoms with E-state index in [1.54, 1.807) is 0 Å². The van der Waals surface area contributed by atoms with Gasteiger partial charge in [-0.15, -0.1) is 0 Å². The number of hydrogen-bond acceptors (Lipinski definition) is 3. The number of fused-ring (bicyclic) bond motifs is 1. The molecule has 0 radical (unpaired) electrons. The van der Waals surface area contributed by atoms with Crippen molar-refractivity contribution in [3.8, 4) is 11.5 Å². The summed E-state index contributed by atoms with van der Waals surface area (Å²) in [5, 5.41) is 3.53. The summed E-state index contributed by atoms with van der Waals surface area (Å²) in [6, 6.07) is 6.76. The first-order valence-electron chi connectivity index (χ1n) is 5.96. The van der Waals surface area contributed by atoms with Crippen LogP contribution in [-0.4, -0.2) is 19.8 Å². The van der Waals surface area contributed by atoms with E-state index in [0.29, 0.717) is 19.3 Å². The van der Waals surface area contributed by atoms with Crippen LogP contribution in [0.15, 0.2) is 18.2 Å². The van der Waals surface area contributed by atoms with E-state index in [1.807, 2.05) is 6.07 Å². The van der Waals surface area contributed by atoms with Gasteiger partial charge in [0.2, 0.25) is 0 Å². The van der Waals surface area contributed by atoms with Gasteiger partial charge in [0.1, 0.15) is 13.2 Å². The van der Waals surface area contributed by atoms with Crippen molar-refractivity contribution in [3.05, 3.63) is 23.8 Å². The van der Waals surface area contributed by atoms with Crippen molar-refractivity contribution in [2.45, 2.75) is 19.4 Å². The lowest BCUT2D eigenvalue weighted by atomic mass is 10.0. The van der Waals surface area contributed by atoms with Crippen LogP contribution in [0.5, 0.6) is 11.5 Å². The molecule has 0 aromatic heterocycles. The molecule has 0 spiro atoms. The van der Waals surface area contributed by atoms with Crippen LogP contribution in [0.4, 0.5) is 0 Å². The highest BCUT2D eigenvalue weighted by molar-refractivity contribution is 5.44. The first-order valence-corrected chi connectivity index (χ1v) is 5.96. The third-order valence-corrected chi connectivity index (χ3v) is 3.32. The largest absolute Gasteiger partial charge is 0.486 e. The molecule has 1 aromatic rings. The Morgan fingerprint density at radius 3 is 2.75 bits per heavy atom. The summed E-state index contributed by atoms with van der Waals surface area (Å²) in [5.74, 6) is 2.53. The third-order valence-electron chi connectivity index (χ3n) is 3.32. The second kappa shape index (κ2) is 3.98. The van der Waals surface area contributed by atoms with E-state index in [-0.39, 0.29) is 0 Å². The molecule has 16 heavy (non-hydrogen) atoms. The number of hydrogen-bond donors (Lipinski definition) is 1. The highest BCUT2D eigenvalue weighted by atomic mass is 16.6. The smallest absolute Gasteiger partial charge is 0.161 e. The molecule has 1 fully saturated rings. The van der Waals surface area contributed by atoms with Crippen LogP contribution in [0, 0.1) is 5.92 Å². The number of rotatable bonds is 1. The summed E-state index contributed by atoms with van der Waals surface area (Å²) in [4.78, 5) is 0. The average Bonchev–Trinajstić information content (AvgIpc) is 2.75. The molecule has 1 N–H and O–H groups in total. The molecule has 0 unspecified atom stereocenters. The molecule has 2 aliphatic rings. The Labute approximate surface area is 95.8 Å². The van der Waals surface area contributed by atoms with Crippen LogP contribution in [0.3, 0.4) is 0 Å². The topological polar surface area (TPSA) is 30.5 Å². The predicted octanol–water partition coefficient (Wildman–Crippen LogP) is 2.13. The van der Waals surface area contributed by atoms with Gasteiger partial charge < -0.3 is 14.8 Å². The lowest BCUT2D eigenvalue weighted by Gasteiger charge is -2.20. The molecule has 3 heteroatoms. The Kier molecular flexibility index (Phi) is 2.48. The van der Waals surface area contributed by atoms with Crippen molar-refractivity contribution in [1.82, 2.24) is 5.32 Å². The molecule has 2 heterocycles. The Morgan fingerprint density at radius 1 is 1.19 bits per heavy atom. The normalized spacial score (nSPS) is 28.1. The van der Waals surface area contributed by atoms with Gasteiger partial charge in [0.25, 0.3) is 0 Å². The molecular formula is C13H17NO2. The molecular weight excluding hydrogens is 202 g/mol. The zero-order valence-corrected chi connectivity index (χ0v) is 9.53. The van der Waals surface area contributed by atoms with Gasteiger partial charge in [-0.2, -0.15) is 0 Å². The van der Waals surface area contributed by atoms with E-state index in [4.69, 9.17) is 9.47 Å². The summed E-state index contributed by atoms with van der Waals surface area (Å²) < 4.78 is 11.1. The molecule has 0 amide bonds. The van der Waals surface area contributed by atoms with E-state index >= 15 is 0 Å². The number of ether oxygens (including phenoxy) is 2. The Morgan fingerprint density at radius 2 is 2.00 bits per heavy atom. The summed E-state index contributed by atoms with van der Waals surface area (Å²) in [6.45, 7) is 4.71. The van der Waals surface area contributed by atoms with Crippen LogP contribution in [0.25, 0.3) is 0 Å². The van der Waals surface area contributed by atoms with Crippen molar-refractivity contribution in [3.63, 3.8) is 0 Å². The van der Waals surface area contributed by atoms with Gasteiger partial charge in [0.05, 0.1) is 0 Å². The van der Waals surface area contributed by atoms with Crippen LogP contribution in [0.2, 0.25) is 0 Å². The second-order valence-corrected chi connectivity index (χ2v) is 4.70. The van der Waals surface area contributed by atoms with Gasteiger partial charge in [-0.1, -0.05) is 13.0 Å². The van der Waals surface area contributed by atoms with Gasteiger partial charge in [-0.05, 0) is 36.6 Å². The van der Waals surface area contributed by atoms with Crippen molar-refractivity contribution >= 4 is 0 Å². The SMILES string of the molecule is C[C@@H]1CN[C@H](c2ccc3c(c2)OCCO3)C1. The highest BCUT2D eigenvalue weighted by Gasteiger charge is 2.23. The molecule has 0 aliphatic carbocycles. The van der Waals surface area contributed by atoms with E-state index in [9.17, 15) is 0 Å². The summed E-state index contributed by atoms with van der Waals surface area (Å²) in [5.41, 5.74) is 1.31. The fraction of sp³-hybridized carbons (Fsp3) is 0.538. The Hall–Kier alpha value is -1.22. The Bertz CT molecular complexity index is 392. The zero-order valence-electron chi connectivity index (χ0n) is 9.53. The minimum atomic E-state index is 0.478. The molecule has 0 bridgehead atoms. The summed E-state index contributed by atoms with van der Waals surface area (Å²) in [7, 11) is 0. The lowest BCUT2D eigenvalue weighted by Crippen LogP contribution is -2.17. The van der Waals surface area contributed by atoms with Crippen LogP contribution >= 0.6 is 0 Å². The van der Waals surface area contributed by atoms with E-state index in [2.05, 4.69) is 24.4 Å². The fourth-order valence-electron chi connectivity index (χ4n) is 2.44. The van der Waals surface area contributed by atoms with Crippen molar-refractivity contribution in [2.24, 2.45) is 5.92 Å². The monoisotopic (exact) mass is 219 g/mol. The molecule has 2 aliphatic heterocycles. The minimum Gasteiger partial charge on any atom is -0.486 e. The highest BCUT2D eigenvalue weighted by Crippen LogP contribution is 2.35. The average molecular weight is 219 g/mol. The molecule has 86 valence electrons. The van der Waals surface area contributed by atoms with Gasteiger partial charge in [0, 0.05) is 6.04 Å². The van der Waals surface area contributed by atoms with Crippen LogP contribution < -0.4 is 14.8 Å². The maximum Gasteiger partial charge on any atom is 0.161 e. The Balaban J connectivity index is 1.85. The zero-order chi connectivity index (χ0) is 11.0. The summed E-state index contributed by atoms with van der Waals surface area (Å²) in [6.07, 6.45) is 1.21. The van der Waals surface area contributed by atoms with Gasteiger partial charge in [-0.25, -0.2) is 0 Å². The van der Waals surface area contributed by atoms with Crippen LogP contribution in [0.1, 0.15) is 24.9 Å². The third kappa shape index (κ3) is 1.76.